The molecular weight excluding hydrogens is 164 g/mol. The third-order valence-electron chi connectivity index (χ3n) is 1.86. The second-order valence-electron chi connectivity index (χ2n) is 2.94. The summed E-state index contributed by atoms with van der Waals surface area (Å²) in [5.74, 6) is 0. The van der Waals surface area contributed by atoms with Crippen LogP contribution in [0.2, 0.25) is 0 Å². The molecule has 0 radical (unpaired) electrons. The van der Waals surface area contributed by atoms with Crippen molar-refractivity contribution in [1.82, 2.24) is 20.8 Å². The average Bonchev–Trinajstić information content (AvgIpc) is 2.63. The van der Waals surface area contributed by atoms with Gasteiger partial charge in [-0.3, -0.25) is 5.10 Å². The maximum Gasteiger partial charge on any atom is 0.0490 e. The van der Waals surface area contributed by atoms with Crippen LogP contribution in [0.1, 0.15) is 12.6 Å². The van der Waals surface area contributed by atoms with Gasteiger partial charge in [0, 0.05) is 37.9 Å². The average molecular weight is 182 g/mol. The minimum atomic E-state index is 1.01. The van der Waals surface area contributed by atoms with Crippen LogP contribution in [0, 0.1) is 0 Å². The molecule has 0 saturated heterocycles. The minimum Gasteiger partial charge on any atom is -0.316 e. The van der Waals surface area contributed by atoms with Crippen molar-refractivity contribution in [3.63, 3.8) is 0 Å². The van der Waals surface area contributed by atoms with E-state index in [1.807, 2.05) is 6.07 Å². The lowest BCUT2D eigenvalue weighted by Crippen LogP contribution is -2.28. The van der Waals surface area contributed by atoms with Crippen molar-refractivity contribution in [2.75, 3.05) is 26.2 Å². The zero-order valence-corrected chi connectivity index (χ0v) is 8.14. The highest BCUT2D eigenvalue weighted by Gasteiger charge is 1.92. The Labute approximate surface area is 79.1 Å². The molecule has 74 valence electrons. The molecule has 13 heavy (non-hydrogen) atoms. The fourth-order valence-corrected chi connectivity index (χ4v) is 1.13. The Morgan fingerprint density at radius 1 is 1.31 bits per heavy atom. The van der Waals surface area contributed by atoms with Crippen LogP contribution < -0.4 is 10.6 Å². The molecule has 3 N–H and O–H groups in total. The van der Waals surface area contributed by atoms with E-state index in [9.17, 15) is 0 Å². The van der Waals surface area contributed by atoms with E-state index < -0.39 is 0 Å². The Hall–Kier alpha value is -0.870. The minimum absolute atomic E-state index is 1.01. The first-order chi connectivity index (χ1) is 6.43. The highest BCUT2D eigenvalue weighted by molar-refractivity contribution is 4.97. The first kappa shape index (κ1) is 10.2. The van der Waals surface area contributed by atoms with E-state index in [0.717, 1.165) is 32.6 Å². The van der Waals surface area contributed by atoms with Gasteiger partial charge >= 0.3 is 0 Å². The monoisotopic (exact) mass is 182 g/mol. The smallest absolute Gasteiger partial charge is 0.0490 e. The van der Waals surface area contributed by atoms with E-state index >= 15 is 0 Å². The molecule has 1 rings (SSSR count). The summed E-state index contributed by atoms with van der Waals surface area (Å²) in [4.78, 5) is 0. The standard InChI is InChI=1S/C9H18N4/c1-2-10-7-8-11-5-3-9-4-6-12-13-9/h4,6,10-11H,2-3,5,7-8H2,1H3,(H,12,13). The molecule has 0 aliphatic heterocycles. The molecule has 0 bridgehead atoms. The number of rotatable bonds is 7. The van der Waals surface area contributed by atoms with E-state index in [4.69, 9.17) is 0 Å². The Kier molecular flexibility index (Phi) is 5.20. The zero-order chi connectivity index (χ0) is 9.36. The quantitative estimate of drug-likeness (QED) is 0.526. The predicted octanol–water partition coefficient (Wildman–Crippen LogP) is 0.151. The summed E-state index contributed by atoms with van der Waals surface area (Å²) in [6, 6.07) is 2.01. The van der Waals surface area contributed by atoms with E-state index in [1.54, 1.807) is 6.20 Å². The summed E-state index contributed by atoms with van der Waals surface area (Å²) in [6.07, 6.45) is 2.81. The maximum atomic E-state index is 3.89. The highest BCUT2D eigenvalue weighted by atomic mass is 15.1. The fraction of sp³-hybridized carbons (Fsp3) is 0.667. The summed E-state index contributed by atoms with van der Waals surface area (Å²) in [5, 5.41) is 13.4. The van der Waals surface area contributed by atoms with Gasteiger partial charge in [-0.15, -0.1) is 0 Å². The van der Waals surface area contributed by atoms with Gasteiger partial charge in [0.1, 0.15) is 0 Å². The number of nitrogens with zero attached hydrogens (tertiary/aromatic N) is 1. The molecule has 1 aromatic heterocycles. The molecule has 0 saturated carbocycles. The summed E-state index contributed by atoms with van der Waals surface area (Å²) >= 11 is 0. The predicted molar refractivity (Wildman–Crippen MR) is 53.7 cm³/mol. The summed E-state index contributed by atoms with van der Waals surface area (Å²) in [7, 11) is 0. The molecule has 0 unspecified atom stereocenters. The molecule has 4 heteroatoms. The lowest BCUT2D eigenvalue weighted by Gasteiger charge is -2.03. The Morgan fingerprint density at radius 2 is 2.15 bits per heavy atom. The van der Waals surface area contributed by atoms with Crippen molar-refractivity contribution < 1.29 is 0 Å². The van der Waals surface area contributed by atoms with Crippen LogP contribution in [0.4, 0.5) is 0 Å². The fourth-order valence-electron chi connectivity index (χ4n) is 1.13. The van der Waals surface area contributed by atoms with E-state index in [-0.39, 0.29) is 0 Å². The zero-order valence-electron chi connectivity index (χ0n) is 8.14. The topological polar surface area (TPSA) is 52.7 Å². The van der Waals surface area contributed by atoms with Crippen molar-refractivity contribution in [1.29, 1.82) is 0 Å². The molecule has 1 aromatic rings. The third kappa shape index (κ3) is 4.65. The first-order valence-electron chi connectivity index (χ1n) is 4.83. The van der Waals surface area contributed by atoms with Crippen molar-refractivity contribution in [2.24, 2.45) is 0 Å². The lowest BCUT2D eigenvalue weighted by atomic mass is 10.3. The molecule has 1 heterocycles. The van der Waals surface area contributed by atoms with Gasteiger partial charge in [0.25, 0.3) is 0 Å². The number of aromatic nitrogens is 2. The van der Waals surface area contributed by atoms with E-state index in [2.05, 4.69) is 27.8 Å². The van der Waals surface area contributed by atoms with Crippen molar-refractivity contribution in [2.45, 2.75) is 13.3 Å². The number of nitrogens with one attached hydrogen (secondary N) is 3. The summed E-state index contributed by atoms with van der Waals surface area (Å²) in [5.41, 5.74) is 1.19. The normalized spacial score (nSPS) is 10.5. The number of hydrogen-bond acceptors (Lipinski definition) is 3. The van der Waals surface area contributed by atoms with Crippen molar-refractivity contribution in [3.8, 4) is 0 Å². The molecule has 0 atom stereocenters. The Morgan fingerprint density at radius 3 is 2.85 bits per heavy atom. The third-order valence-corrected chi connectivity index (χ3v) is 1.86. The van der Waals surface area contributed by atoms with Gasteiger partial charge in [-0.25, -0.2) is 0 Å². The molecular formula is C9H18N4. The van der Waals surface area contributed by atoms with Crippen LogP contribution in [-0.4, -0.2) is 36.4 Å². The molecule has 0 aromatic carbocycles. The van der Waals surface area contributed by atoms with Gasteiger partial charge in [0.15, 0.2) is 0 Å². The van der Waals surface area contributed by atoms with Gasteiger partial charge in [0.05, 0.1) is 0 Å². The number of hydrogen-bond donors (Lipinski definition) is 3. The van der Waals surface area contributed by atoms with Crippen LogP contribution in [0.25, 0.3) is 0 Å². The summed E-state index contributed by atoms with van der Waals surface area (Å²) in [6.45, 7) is 6.24. The molecule has 0 amide bonds. The van der Waals surface area contributed by atoms with E-state index in [0.29, 0.717) is 0 Å². The SMILES string of the molecule is CCNCCNCCc1ccn[nH]1. The first-order valence-corrected chi connectivity index (χ1v) is 4.83. The molecule has 0 fully saturated rings. The molecule has 0 spiro atoms. The van der Waals surface area contributed by atoms with Gasteiger partial charge < -0.3 is 10.6 Å². The van der Waals surface area contributed by atoms with Gasteiger partial charge in [-0.2, -0.15) is 5.10 Å². The van der Waals surface area contributed by atoms with Crippen LogP contribution in [-0.2, 0) is 6.42 Å². The lowest BCUT2D eigenvalue weighted by molar-refractivity contribution is 0.621. The maximum absolute atomic E-state index is 3.89. The number of likely N-dealkylation sites (N-methyl/N-ethyl adjacent to an activating group) is 1. The largest absolute Gasteiger partial charge is 0.316 e. The van der Waals surface area contributed by atoms with Crippen LogP contribution in [0.3, 0.4) is 0 Å². The highest BCUT2D eigenvalue weighted by Crippen LogP contribution is 1.90. The van der Waals surface area contributed by atoms with Crippen molar-refractivity contribution >= 4 is 0 Å². The summed E-state index contributed by atoms with van der Waals surface area (Å²) < 4.78 is 0. The Bertz CT molecular complexity index is 195. The van der Waals surface area contributed by atoms with Crippen LogP contribution >= 0.6 is 0 Å². The number of H-pyrrole nitrogens is 1. The molecule has 4 nitrogen and oxygen atoms in total. The van der Waals surface area contributed by atoms with Gasteiger partial charge in [0.2, 0.25) is 0 Å². The second-order valence-corrected chi connectivity index (χ2v) is 2.94. The van der Waals surface area contributed by atoms with E-state index in [1.165, 1.54) is 5.69 Å². The van der Waals surface area contributed by atoms with Crippen LogP contribution in [0.15, 0.2) is 12.3 Å². The molecule has 0 aliphatic rings. The van der Waals surface area contributed by atoms with Crippen LogP contribution in [0.5, 0.6) is 0 Å². The molecule has 0 aliphatic carbocycles. The van der Waals surface area contributed by atoms with Gasteiger partial charge in [-0.05, 0) is 12.6 Å². The Balaban J connectivity index is 1.90. The number of aromatic amines is 1. The van der Waals surface area contributed by atoms with Gasteiger partial charge in [-0.1, -0.05) is 6.92 Å². The van der Waals surface area contributed by atoms with Crippen molar-refractivity contribution in [3.05, 3.63) is 18.0 Å². The second kappa shape index (κ2) is 6.62.